The summed E-state index contributed by atoms with van der Waals surface area (Å²) in [6.07, 6.45) is 4.72. The average molecular weight is 248 g/mol. The van der Waals surface area contributed by atoms with Gasteiger partial charge in [-0.15, -0.1) is 0 Å². The van der Waals surface area contributed by atoms with Gasteiger partial charge in [-0.3, -0.25) is 0 Å². The summed E-state index contributed by atoms with van der Waals surface area (Å²) < 4.78 is 5.16. The zero-order chi connectivity index (χ0) is 13.2. The van der Waals surface area contributed by atoms with Gasteiger partial charge in [0.2, 0.25) is 0 Å². The monoisotopic (exact) mass is 248 g/mol. The third kappa shape index (κ3) is 2.69. The molecular weight excluding hydrogens is 224 g/mol. The minimum absolute atomic E-state index is 0.377. The van der Waals surface area contributed by atoms with Gasteiger partial charge >= 0.3 is 0 Å². The molecule has 2 rings (SSSR count). The number of rotatable bonds is 3. The molecule has 0 aromatic heterocycles. The second-order valence-electron chi connectivity index (χ2n) is 5.83. The second kappa shape index (κ2) is 5.31. The lowest BCUT2D eigenvalue weighted by Crippen LogP contribution is -2.34. The SMILES string of the molecule is COc1ccc(C(C)(O)C2CCC(C)CC2)cc1. The van der Waals surface area contributed by atoms with Crippen molar-refractivity contribution in [3.8, 4) is 5.75 Å². The first-order valence-corrected chi connectivity index (χ1v) is 6.91. The number of aliphatic hydroxyl groups is 1. The fourth-order valence-electron chi connectivity index (χ4n) is 2.99. The third-order valence-electron chi connectivity index (χ3n) is 4.49. The van der Waals surface area contributed by atoms with E-state index in [4.69, 9.17) is 4.74 Å². The van der Waals surface area contributed by atoms with Gasteiger partial charge in [-0.1, -0.05) is 31.9 Å². The van der Waals surface area contributed by atoms with Crippen LogP contribution in [-0.4, -0.2) is 12.2 Å². The number of hydrogen-bond acceptors (Lipinski definition) is 2. The van der Waals surface area contributed by atoms with E-state index in [1.807, 2.05) is 31.2 Å². The summed E-state index contributed by atoms with van der Waals surface area (Å²) >= 11 is 0. The van der Waals surface area contributed by atoms with Gasteiger partial charge in [0, 0.05) is 0 Å². The average Bonchev–Trinajstić information content (AvgIpc) is 2.39. The lowest BCUT2D eigenvalue weighted by atomic mass is 9.72. The van der Waals surface area contributed by atoms with E-state index < -0.39 is 5.60 Å². The molecule has 1 aliphatic rings. The Morgan fingerprint density at radius 1 is 1.11 bits per heavy atom. The topological polar surface area (TPSA) is 29.5 Å². The van der Waals surface area contributed by atoms with Gasteiger partial charge < -0.3 is 9.84 Å². The van der Waals surface area contributed by atoms with E-state index in [1.165, 1.54) is 12.8 Å². The van der Waals surface area contributed by atoms with Crippen molar-refractivity contribution >= 4 is 0 Å². The fourth-order valence-corrected chi connectivity index (χ4v) is 2.99. The Kier molecular flexibility index (Phi) is 3.96. The first-order chi connectivity index (χ1) is 8.54. The van der Waals surface area contributed by atoms with Crippen molar-refractivity contribution in [2.75, 3.05) is 7.11 Å². The Morgan fingerprint density at radius 2 is 1.67 bits per heavy atom. The molecule has 0 saturated heterocycles. The van der Waals surface area contributed by atoms with Crippen LogP contribution in [0.3, 0.4) is 0 Å². The Balaban J connectivity index is 2.13. The van der Waals surface area contributed by atoms with Crippen LogP contribution >= 0.6 is 0 Å². The van der Waals surface area contributed by atoms with E-state index in [9.17, 15) is 5.11 Å². The molecule has 0 aliphatic heterocycles. The summed E-state index contributed by atoms with van der Waals surface area (Å²) in [6, 6.07) is 7.82. The van der Waals surface area contributed by atoms with E-state index in [0.717, 1.165) is 30.1 Å². The standard InChI is InChI=1S/C16H24O2/c1-12-4-6-13(7-5-12)16(2,17)14-8-10-15(18-3)11-9-14/h8-13,17H,4-7H2,1-3H3. The maximum Gasteiger partial charge on any atom is 0.118 e. The Labute approximate surface area is 110 Å². The summed E-state index contributed by atoms with van der Waals surface area (Å²) in [4.78, 5) is 0. The number of hydrogen-bond donors (Lipinski definition) is 1. The molecule has 2 nitrogen and oxygen atoms in total. The molecular formula is C16H24O2. The Hall–Kier alpha value is -1.02. The van der Waals surface area contributed by atoms with Crippen molar-refractivity contribution < 1.29 is 9.84 Å². The van der Waals surface area contributed by atoms with Crippen molar-refractivity contribution in [3.63, 3.8) is 0 Å². The van der Waals surface area contributed by atoms with Gasteiger partial charge in [0.05, 0.1) is 12.7 Å². The van der Waals surface area contributed by atoms with E-state index in [-0.39, 0.29) is 0 Å². The molecule has 1 aromatic rings. The highest BCUT2D eigenvalue weighted by atomic mass is 16.5. The van der Waals surface area contributed by atoms with Crippen LogP contribution in [0.15, 0.2) is 24.3 Å². The highest BCUT2D eigenvalue weighted by molar-refractivity contribution is 5.31. The van der Waals surface area contributed by atoms with E-state index in [1.54, 1.807) is 7.11 Å². The quantitative estimate of drug-likeness (QED) is 0.883. The molecule has 1 unspecified atom stereocenters. The molecule has 1 N–H and O–H groups in total. The van der Waals surface area contributed by atoms with Gasteiger partial charge in [-0.05, 0) is 49.3 Å². The van der Waals surface area contributed by atoms with Crippen LogP contribution in [0.1, 0.15) is 45.1 Å². The molecule has 0 amide bonds. The molecule has 2 heteroatoms. The smallest absolute Gasteiger partial charge is 0.118 e. The zero-order valence-electron chi connectivity index (χ0n) is 11.6. The van der Waals surface area contributed by atoms with E-state index in [0.29, 0.717) is 5.92 Å². The van der Waals surface area contributed by atoms with Gasteiger partial charge in [0.1, 0.15) is 5.75 Å². The van der Waals surface area contributed by atoms with Crippen LogP contribution in [0.2, 0.25) is 0 Å². The Bertz CT molecular complexity index is 373. The minimum atomic E-state index is -0.716. The molecule has 100 valence electrons. The molecule has 0 heterocycles. The predicted molar refractivity (Wildman–Crippen MR) is 73.7 cm³/mol. The number of ether oxygens (including phenoxy) is 1. The molecule has 18 heavy (non-hydrogen) atoms. The molecule has 0 bridgehead atoms. The summed E-state index contributed by atoms with van der Waals surface area (Å²) in [5.41, 5.74) is 0.287. The summed E-state index contributed by atoms with van der Waals surface area (Å²) in [5, 5.41) is 10.8. The lowest BCUT2D eigenvalue weighted by molar-refractivity contribution is -0.0264. The maximum absolute atomic E-state index is 10.8. The lowest BCUT2D eigenvalue weighted by Gasteiger charge is -2.37. The zero-order valence-corrected chi connectivity index (χ0v) is 11.6. The summed E-state index contributed by atoms with van der Waals surface area (Å²) in [6.45, 7) is 4.26. The molecule has 0 spiro atoms. The fraction of sp³-hybridized carbons (Fsp3) is 0.625. The molecule has 0 radical (unpaired) electrons. The van der Waals surface area contributed by atoms with Crippen molar-refractivity contribution in [1.82, 2.24) is 0 Å². The normalized spacial score (nSPS) is 27.6. The number of benzene rings is 1. The van der Waals surface area contributed by atoms with Crippen LogP contribution in [0.25, 0.3) is 0 Å². The van der Waals surface area contributed by atoms with Crippen molar-refractivity contribution in [2.45, 2.75) is 45.1 Å². The third-order valence-corrected chi connectivity index (χ3v) is 4.49. The van der Waals surface area contributed by atoms with Crippen molar-refractivity contribution in [3.05, 3.63) is 29.8 Å². The van der Waals surface area contributed by atoms with Crippen LogP contribution < -0.4 is 4.74 Å². The molecule has 1 atom stereocenters. The molecule has 1 fully saturated rings. The van der Waals surface area contributed by atoms with Gasteiger partial charge in [-0.2, -0.15) is 0 Å². The predicted octanol–water partition coefficient (Wildman–Crippen LogP) is 3.73. The molecule has 1 aromatic carbocycles. The first kappa shape index (κ1) is 13.4. The van der Waals surface area contributed by atoms with Crippen LogP contribution in [0.5, 0.6) is 5.75 Å². The van der Waals surface area contributed by atoms with Gasteiger partial charge in [0.15, 0.2) is 0 Å². The van der Waals surface area contributed by atoms with Crippen molar-refractivity contribution in [2.24, 2.45) is 11.8 Å². The minimum Gasteiger partial charge on any atom is -0.497 e. The molecule has 1 aliphatic carbocycles. The highest BCUT2D eigenvalue weighted by Gasteiger charge is 2.35. The summed E-state index contributed by atoms with van der Waals surface area (Å²) in [7, 11) is 1.66. The van der Waals surface area contributed by atoms with Crippen molar-refractivity contribution in [1.29, 1.82) is 0 Å². The van der Waals surface area contributed by atoms with Crippen LogP contribution in [-0.2, 0) is 5.60 Å². The largest absolute Gasteiger partial charge is 0.497 e. The maximum atomic E-state index is 10.8. The molecule has 1 saturated carbocycles. The second-order valence-corrected chi connectivity index (χ2v) is 5.83. The Morgan fingerprint density at radius 3 is 2.17 bits per heavy atom. The van der Waals surface area contributed by atoms with E-state index >= 15 is 0 Å². The first-order valence-electron chi connectivity index (χ1n) is 6.91. The highest BCUT2D eigenvalue weighted by Crippen LogP contribution is 2.40. The van der Waals surface area contributed by atoms with Crippen LogP contribution in [0, 0.1) is 11.8 Å². The van der Waals surface area contributed by atoms with E-state index in [2.05, 4.69) is 6.92 Å². The van der Waals surface area contributed by atoms with Gasteiger partial charge in [-0.25, -0.2) is 0 Å². The van der Waals surface area contributed by atoms with Gasteiger partial charge in [0.25, 0.3) is 0 Å². The van der Waals surface area contributed by atoms with Crippen LogP contribution in [0.4, 0.5) is 0 Å². The summed E-state index contributed by atoms with van der Waals surface area (Å²) in [5.74, 6) is 2.03. The number of methoxy groups -OCH3 is 1.